The molecule has 4 nitrogen and oxygen atoms in total. The van der Waals surface area contributed by atoms with E-state index >= 15 is 0 Å². The van der Waals surface area contributed by atoms with Gasteiger partial charge in [-0.15, -0.1) is 0 Å². The van der Waals surface area contributed by atoms with Gasteiger partial charge in [-0.1, -0.05) is 0 Å². The number of nitrogens with two attached hydrogens (primary N) is 1. The lowest BCUT2D eigenvalue weighted by molar-refractivity contribution is 0.0690. The molecular weight excluding hydrogens is 204 g/mol. The number of anilines is 1. The molecular formula is C12H18N2O2. The summed E-state index contributed by atoms with van der Waals surface area (Å²) in [6, 6.07) is 8.14. The molecule has 1 fully saturated rings. The predicted molar refractivity (Wildman–Crippen MR) is 63.5 cm³/mol. The Morgan fingerprint density at radius 1 is 1.38 bits per heavy atom. The number of benzene rings is 1. The van der Waals surface area contributed by atoms with Crippen molar-refractivity contribution in [1.82, 2.24) is 0 Å². The third-order valence-electron chi connectivity index (χ3n) is 2.85. The first-order chi connectivity index (χ1) is 7.83. The van der Waals surface area contributed by atoms with E-state index in [0.717, 1.165) is 25.3 Å². The molecule has 88 valence electrons. The lowest BCUT2D eigenvalue weighted by atomic mass is 10.3. The van der Waals surface area contributed by atoms with Crippen LogP contribution >= 0.6 is 0 Å². The molecule has 1 aliphatic rings. The van der Waals surface area contributed by atoms with E-state index in [1.165, 1.54) is 5.69 Å². The summed E-state index contributed by atoms with van der Waals surface area (Å²) in [6.45, 7) is 4.55. The molecule has 0 radical (unpaired) electrons. The molecule has 16 heavy (non-hydrogen) atoms. The van der Waals surface area contributed by atoms with E-state index in [4.69, 9.17) is 15.5 Å². The van der Waals surface area contributed by atoms with Crippen molar-refractivity contribution in [2.75, 3.05) is 24.6 Å². The van der Waals surface area contributed by atoms with E-state index in [9.17, 15) is 0 Å². The Kier molecular flexibility index (Phi) is 3.64. The average Bonchev–Trinajstić information content (AvgIpc) is 2.79. The monoisotopic (exact) mass is 222 g/mol. The minimum atomic E-state index is 0.159. The molecule has 1 unspecified atom stereocenters. The SMILES string of the molecule is CCOc1ccc(N2CCC(ON)C2)cc1. The highest BCUT2D eigenvalue weighted by atomic mass is 16.6. The fourth-order valence-electron chi connectivity index (χ4n) is 1.99. The van der Waals surface area contributed by atoms with Crippen LogP contribution in [0.1, 0.15) is 13.3 Å². The lowest BCUT2D eigenvalue weighted by Crippen LogP contribution is -2.24. The molecule has 1 aromatic rings. The molecule has 2 rings (SSSR count). The van der Waals surface area contributed by atoms with E-state index in [0.29, 0.717) is 6.61 Å². The summed E-state index contributed by atoms with van der Waals surface area (Å²) >= 11 is 0. The second-order valence-electron chi connectivity index (χ2n) is 3.92. The zero-order valence-electron chi connectivity index (χ0n) is 9.56. The highest BCUT2D eigenvalue weighted by molar-refractivity contribution is 5.50. The molecule has 1 heterocycles. The highest BCUT2D eigenvalue weighted by Crippen LogP contribution is 2.23. The average molecular weight is 222 g/mol. The molecule has 0 bridgehead atoms. The number of ether oxygens (including phenoxy) is 1. The van der Waals surface area contributed by atoms with Crippen LogP contribution in [0.25, 0.3) is 0 Å². The van der Waals surface area contributed by atoms with Crippen LogP contribution in [0.4, 0.5) is 5.69 Å². The maximum atomic E-state index is 5.40. The van der Waals surface area contributed by atoms with Gasteiger partial charge >= 0.3 is 0 Å². The smallest absolute Gasteiger partial charge is 0.119 e. The summed E-state index contributed by atoms with van der Waals surface area (Å²) < 4.78 is 5.40. The summed E-state index contributed by atoms with van der Waals surface area (Å²) in [5.41, 5.74) is 1.20. The minimum absolute atomic E-state index is 0.159. The van der Waals surface area contributed by atoms with E-state index in [1.807, 2.05) is 19.1 Å². The van der Waals surface area contributed by atoms with E-state index in [1.54, 1.807) is 0 Å². The lowest BCUT2D eigenvalue weighted by Gasteiger charge is -2.18. The Morgan fingerprint density at radius 3 is 2.69 bits per heavy atom. The normalized spacial score (nSPS) is 20.1. The van der Waals surface area contributed by atoms with Crippen molar-refractivity contribution in [3.8, 4) is 5.75 Å². The minimum Gasteiger partial charge on any atom is -0.494 e. The van der Waals surface area contributed by atoms with Crippen molar-refractivity contribution >= 4 is 5.69 Å². The third kappa shape index (κ3) is 2.46. The molecule has 2 N–H and O–H groups in total. The van der Waals surface area contributed by atoms with Gasteiger partial charge < -0.3 is 9.64 Å². The van der Waals surface area contributed by atoms with Crippen LogP contribution in [-0.4, -0.2) is 25.8 Å². The van der Waals surface area contributed by atoms with E-state index < -0.39 is 0 Å². The quantitative estimate of drug-likeness (QED) is 0.785. The number of hydrogen-bond acceptors (Lipinski definition) is 4. The summed E-state index contributed by atoms with van der Waals surface area (Å²) in [5.74, 6) is 6.11. The van der Waals surface area contributed by atoms with Gasteiger partial charge in [0.1, 0.15) is 5.75 Å². The van der Waals surface area contributed by atoms with Gasteiger partial charge in [0.05, 0.1) is 12.7 Å². The fraction of sp³-hybridized carbons (Fsp3) is 0.500. The Balaban J connectivity index is 1.99. The molecule has 4 heteroatoms. The Labute approximate surface area is 95.9 Å². The van der Waals surface area contributed by atoms with Crippen molar-refractivity contribution in [2.24, 2.45) is 5.90 Å². The van der Waals surface area contributed by atoms with E-state index in [-0.39, 0.29) is 6.10 Å². The number of hydrogen-bond donors (Lipinski definition) is 1. The number of nitrogens with zero attached hydrogens (tertiary/aromatic N) is 1. The first-order valence-corrected chi connectivity index (χ1v) is 5.67. The standard InChI is InChI=1S/C12H18N2O2/c1-2-15-11-5-3-10(4-6-11)14-8-7-12(9-14)16-13/h3-6,12H,2,7-9,13H2,1H3. The van der Waals surface area contributed by atoms with Crippen LogP contribution in [0, 0.1) is 0 Å². The van der Waals surface area contributed by atoms with Gasteiger partial charge in [0.25, 0.3) is 0 Å². The third-order valence-corrected chi connectivity index (χ3v) is 2.85. The maximum Gasteiger partial charge on any atom is 0.119 e. The van der Waals surface area contributed by atoms with Crippen LogP contribution in [0.5, 0.6) is 5.75 Å². The summed E-state index contributed by atoms with van der Waals surface area (Å²) in [5, 5.41) is 0. The second-order valence-corrected chi connectivity index (χ2v) is 3.92. The summed E-state index contributed by atoms with van der Waals surface area (Å²) in [7, 11) is 0. The molecule has 1 saturated heterocycles. The molecule has 0 saturated carbocycles. The van der Waals surface area contributed by atoms with Gasteiger partial charge in [-0.05, 0) is 37.6 Å². The van der Waals surface area contributed by atoms with Crippen LogP contribution in [0.3, 0.4) is 0 Å². The van der Waals surface area contributed by atoms with Gasteiger partial charge in [0, 0.05) is 18.8 Å². The van der Waals surface area contributed by atoms with Crippen molar-refractivity contribution in [1.29, 1.82) is 0 Å². The van der Waals surface area contributed by atoms with Crippen LogP contribution in [0.15, 0.2) is 24.3 Å². The van der Waals surface area contributed by atoms with Gasteiger partial charge in [0.2, 0.25) is 0 Å². The number of rotatable bonds is 4. The Bertz CT molecular complexity index is 326. The molecule has 0 amide bonds. The van der Waals surface area contributed by atoms with Gasteiger partial charge in [-0.25, -0.2) is 5.90 Å². The van der Waals surface area contributed by atoms with Gasteiger partial charge in [0.15, 0.2) is 0 Å². The molecule has 0 aromatic heterocycles. The zero-order valence-corrected chi connectivity index (χ0v) is 9.56. The molecule has 1 aromatic carbocycles. The maximum absolute atomic E-state index is 5.40. The topological polar surface area (TPSA) is 47.7 Å². The van der Waals surface area contributed by atoms with Crippen LogP contribution < -0.4 is 15.5 Å². The highest BCUT2D eigenvalue weighted by Gasteiger charge is 2.22. The van der Waals surface area contributed by atoms with Crippen molar-refractivity contribution in [2.45, 2.75) is 19.4 Å². The van der Waals surface area contributed by atoms with Gasteiger partial charge in [-0.2, -0.15) is 0 Å². The van der Waals surface area contributed by atoms with Gasteiger partial charge in [-0.3, -0.25) is 4.84 Å². The predicted octanol–water partition coefficient (Wildman–Crippen LogP) is 1.55. The molecule has 0 aliphatic carbocycles. The molecule has 1 aliphatic heterocycles. The van der Waals surface area contributed by atoms with E-state index in [2.05, 4.69) is 17.0 Å². The largest absolute Gasteiger partial charge is 0.494 e. The zero-order chi connectivity index (χ0) is 11.4. The van der Waals surface area contributed by atoms with Crippen molar-refractivity contribution < 1.29 is 9.57 Å². The Morgan fingerprint density at radius 2 is 2.12 bits per heavy atom. The molecule has 0 spiro atoms. The Hall–Kier alpha value is -1.26. The van der Waals surface area contributed by atoms with Crippen LogP contribution in [0.2, 0.25) is 0 Å². The van der Waals surface area contributed by atoms with Crippen LogP contribution in [-0.2, 0) is 4.84 Å². The summed E-state index contributed by atoms with van der Waals surface area (Å²) in [4.78, 5) is 7.13. The fourth-order valence-corrected chi connectivity index (χ4v) is 1.99. The first kappa shape index (κ1) is 11.2. The molecule has 1 atom stereocenters. The summed E-state index contributed by atoms with van der Waals surface area (Å²) in [6.07, 6.45) is 1.15. The van der Waals surface area contributed by atoms with Crippen molar-refractivity contribution in [3.63, 3.8) is 0 Å². The first-order valence-electron chi connectivity index (χ1n) is 5.67. The second kappa shape index (κ2) is 5.18. The van der Waals surface area contributed by atoms with Crippen molar-refractivity contribution in [3.05, 3.63) is 24.3 Å².